The zero-order valence-corrected chi connectivity index (χ0v) is 21.0. The average molecular weight is 472 g/mol. The molecule has 0 aromatic carbocycles. The third-order valence-electron chi connectivity index (χ3n) is 2.95. The molecule has 28 heavy (non-hydrogen) atoms. The first-order valence-corrected chi connectivity index (χ1v) is 9.51. The second-order valence-corrected chi connectivity index (χ2v) is 6.88. The topological polar surface area (TPSA) is 6.48 Å². The monoisotopic (exact) mass is 471 g/mol. The normalized spacial score (nSPS) is 11.8. The summed E-state index contributed by atoms with van der Waals surface area (Å²) in [5.74, 6) is 0. The summed E-state index contributed by atoms with van der Waals surface area (Å²) in [6, 6.07) is 0. The molecule has 0 saturated heterocycles. The van der Waals surface area contributed by atoms with Crippen LogP contribution in [0.25, 0.3) is 0 Å². The van der Waals surface area contributed by atoms with E-state index in [-0.39, 0.29) is 56.4 Å². The van der Waals surface area contributed by atoms with E-state index in [1.807, 2.05) is 48.6 Å². The largest absolute Gasteiger partial charge is 2.00 e. The maximum Gasteiger partial charge on any atom is 2.00 e. The standard InChI is InChI=1S/C12H21N2Si.2C5H5.2ClH.Ti/c1-5-9-13(10-6-2)15-14(11-7-3)12-8-4;2*1-2-4-5-3-1;;;/h5-8,15H,1-4,9-12H2;2*1-3H,4H2;2*1H;/q;2*-1;;;+2. The fourth-order valence-electron chi connectivity index (χ4n) is 1.91. The van der Waals surface area contributed by atoms with Crippen LogP contribution in [-0.4, -0.2) is 45.2 Å². The van der Waals surface area contributed by atoms with Crippen molar-refractivity contribution in [3.63, 3.8) is 0 Å². The molecule has 153 valence electrons. The molecule has 0 heterocycles. The Labute approximate surface area is 202 Å². The molecular weight excluding hydrogens is 439 g/mol. The fourth-order valence-corrected chi connectivity index (χ4v) is 3.35. The van der Waals surface area contributed by atoms with E-state index in [1.165, 1.54) is 0 Å². The van der Waals surface area contributed by atoms with E-state index < -0.39 is 0 Å². The Hall–Kier alpha value is -0.649. The Balaban J connectivity index is -0.000000181. The average Bonchev–Trinajstić information content (AvgIpc) is 3.34. The summed E-state index contributed by atoms with van der Waals surface area (Å²) in [6.45, 7) is 18.7. The second-order valence-electron chi connectivity index (χ2n) is 5.18. The van der Waals surface area contributed by atoms with E-state index in [0.717, 1.165) is 39.0 Å². The third kappa shape index (κ3) is 23.4. The van der Waals surface area contributed by atoms with E-state index in [2.05, 4.69) is 59.8 Å². The van der Waals surface area contributed by atoms with Gasteiger partial charge in [0.15, 0.2) is 0 Å². The van der Waals surface area contributed by atoms with Crippen LogP contribution in [0, 0.1) is 12.2 Å². The predicted octanol–water partition coefficient (Wildman–Crippen LogP) is 5.05. The van der Waals surface area contributed by atoms with Gasteiger partial charge in [-0.1, -0.05) is 24.3 Å². The Morgan fingerprint density at radius 3 is 1.18 bits per heavy atom. The second kappa shape index (κ2) is 28.6. The molecule has 0 atom stereocenters. The molecule has 2 aliphatic carbocycles. The molecule has 0 bridgehead atoms. The summed E-state index contributed by atoms with van der Waals surface area (Å²) in [4.78, 5) is 0. The molecule has 0 fully saturated rings. The van der Waals surface area contributed by atoms with Crippen molar-refractivity contribution in [1.82, 2.24) is 9.13 Å². The van der Waals surface area contributed by atoms with Crippen molar-refractivity contribution in [3.05, 3.63) is 99.2 Å². The quantitative estimate of drug-likeness (QED) is 0.249. The summed E-state index contributed by atoms with van der Waals surface area (Å²) in [6.07, 6.45) is 27.7. The Bertz CT molecular complexity index is 419. The summed E-state index contributed by atoms with van der Waals surface area (Å²) < 4.78 is 4.68. The van der Waals surface area contributed by atoms with Crippen LogP contribution in [0.3, 0.4) is 0 Å². The van der Waals surface area contributed by atoms with Gasteiger partial charge in [-0.15, -0.1) is 64.0 Å². The number of hydrogen-bond donors (Lipinski definition) is 0. The van der Waals surface area contributed by atoms with Crippen molar-refractivity contribution in [3.8, 4) is 0 Å². The molecule has 0 N–H and O–H groups in total. The number of halogens is 2. The van der Waals surface area contributed by atoms with Gasteiger partial charge in [-0.05, 0) is 0 Å². The van der Waals surface area contributed by atoms with Gasteiger partial charge < -0.3 is 9.13 Å². The molecule has 0 spiro atoms. The summed E-state index contributed by atoms with van der Waals surface area (Å²) in [5.41, 5.74) is 0. The SMILES string of the molecule is C=CCN(CC=C)[SiH]N(CC=C)CC=C.Cl.Cl.[C-]1=CC=CC1.[C-]1=CC=CC1.[Ti+2]. The van der Waals surface area contributed by atoms with Crippen molar-refractivity contribution in [2.24, 2.45) is 0 Å². The van der Waals surface area contributed by atoms with Gasteiger partial charge in [-0.25, -0.2) is 24.3 Å². The molecule has 0 aliphatic heterocycles. The van der Waals surface area contributed by atoms with Gasteiger partial charge in [0.05, 0.1) is 0 Å². The van der Waals surface area contributed by atoms with Gasteiger partial charge in [0.1, 0.15) is 0 Å². The Morgan fingerprint density at radius 2 is 1.04 bits per heavy atom. The van der Waals surface area contributed by atoms with Crippen LogP contribution in [0.4, 0.5) is 0 Å². The Morgan fingerprint density at radius 1 is 0.714 bits per heavy atom. The third-order valence-corrected chi connectivity index (χ3v) is 4.45. The van der Waals surface area contributed by atoms with Crippen LogP contribution in [0.5, 0.6) is 0 Å². The number of nitrogens with zero attached hydrogens (tertiary/aromatic N) is 2. The fraction of sp³-hybridized carbons (Fsp3) is 0.273. The van der Waals surface area contributed by atoms with E-state index >= 15 is 0 Å². The molecule has 2 nitrogen and oxygen atoms in total. The predicted molar refractivity (Wildman–Crippen MR) is 129 cm³/mol. The van der Waals surface area contributed by atoms with Gasteiger partial charge in [-0.2, -0.15) is 12.2 Å². The minimum Gasteiger partial charge on any atom is -0.307 e. The zero-order chi connectivity index (χ0) is 18.6. The summed E-state index contributed by atoms with van der Waals surface area (Å²) >= 11 is 0. The first-order chi connectivity index (χ1) is 12.3. The molecule has 6 heteroatoms. The van der Waals surface area contributed by atoms with E-state index in [4.69, 9.17) is 0 Å². The molecule has 0 aromatic heterocycles. The smallest absolute Gasteiger partial charge is 0.307 e. The number of hydrogen-bond acceptors (Lipinski definition) is 2. The van der Waals surface area contributed by atoms with Crippen molar-refractivity contribution in [1.29, 1.82) is 0 Å². The van der Waals surface area contributed by atoms with Crippen molar-refractivity contribution >= 4 is 34.7 Å². The van der Waals surface area contributed by atoms with Crippen molar-refractivity contribution in [2.45, 2.75) is 12.8 Å². The van der Waals surface area contributed by atoms with Gasteiger partial charge >= 0.3 is 21.7 Å². The van der Waals surface area contributed by atoms with Crippen LogP contribution < -0.4 is 0 Å². The van der Waals surface area contributed by atoms with E-state index in [0.29, 0.717) is 0 Å². The molecule has 0 saturated carbocycles. The van der Waals surface area contributed by atoms with Crippen LogP contribution >= 0.6 is 24.8 Å². The van der Waals surface area contributed by atoms with Crippen LogP contribution in [-0.2, 0) is 21.7 Å². The summed E-state index contributed by atoms with van der Waals surface area (Å²) in [5, 5.41) is 0. The molecule has 2 rings (SSSR count). The van der Waals surface area contributed by atoms with E-state index in [1.54, 1.807) is 0 Å². The van der Waals surface area contributed by atoms with Crippen LogP contribution in [0.15, 0.2) is 87.1 Å². The minimum absolute atomic E-state index is 0. The summed E-state index contributed by atoms with van der Waals surface area (Å²) in [7, 11) is 0.100. The van der Waals surface area contributed by atoms with Gasteiger partial charge in [0, 0.05) is 26.2 Å². The molecular formula is C22H33Cl2N2SiTi. The van der Waals surface area contributed by atoms with Gasteiger partial charge in [0.2, 0.25) is 9.84 Å². The molecule has 0 unspecified atom stereocenters. The Kier molecular flexibility index (Phi) is 35.5. The first kappa shape index (κ1) is 34.8. The van der Waals surface area contributed by atoms with Crippen molar-refractivity contribution in [2.75, 3.05) is 26.2 Å². The van der Waals surface area contributed by atoms with E-state index in [9.17, 15) is 0 Å². The maximum absolute atomic E-state index is 3.76. The van der Waals surface area contributed by atoms with Crippen LogP contribution in [0.1, 0.15) is 12.8 Å². The maximum atomic E-state index is 3.76. The molecule has 0 amide bonds. The molecule has 2 aliphatic rings. The van der Waals surface area contributed by atoms with Gasteiger partial charge in [0.25, 0.3) is 0 Å². The van der Waals surface area contributed by atoms with Gasteiger partial charge in [-0.3, -0.25) is 12.2 Å². The van der Waals surface area contributed by atoms with Crippen molar-refractivity contribution < 1.29 is 21.7 Å². The zero-order valence-electron chi connectivity index (χ0n) is 16.6. The van der Waals surface area contributed by atoms with Crippen LogP contribution in [0.2, 0.25) is 0 Å². The molecule has 0 aromatic rings. The molecule has 1 radical (unpaired) electrons. The number of rotatable bonds is 10. The first-order valence-electron chi connectivity index (χ1n) is 8.48. The minimum atomic E-state index is 0. The number of allylic oxidation sites excluding steroid dienone is 8.